The molecule has 2 unspecified atom stereocenters. The first-order valence-electron chi connectivity index (χ1n) is 7.47. The van der Waals surface area contributed by atoms with Crippen LogP contribution in [0.25, 0.3) is 0 Å². The van der Waals surface area contributed by atoms with E-state index in [-0.39, 0.29) is 0 Å². The number of ether oxygens (including phenoxy) is 1. The van der Waals surface area contributed by atoms with Crippen LogP contribution >= 0.6 is 0 Å². The molecule has 1 rings (SSSR count). The van der Waals surface area contributed by atoms with Crippen LogP contribution in [-0.4, -0.2) is 23.9 Å². The van der Waals surface area contributed by atoms with Gasteiger partial charge >= 0.3 is 0 Å². The summed E-state index contributed by atoms with van der Waals surface area (Å²) in [5.74, 6) is 0.364. The molecule has 2 heteroatoms. The Labute approximate surface area is 107 Å². The molecule has 102 valence electrons. The van der Waals surface area contributed by atoms with E-state index in [0.717, 1.165) is 32.5 Å². The molecular weight excluding hydrogens is 212 g/mol. The molecule has 0 radical (unpaired) electrons. The standard InChI is InChI=1S/C15H30O2/c1-3-4-5-6-7-8-9-11-15(2,16)14-10-12-17-13-14/h14,16H,3-13H2,1-2H3. The molecule has 0 aliphatic carbocycles. The first-order chi connectivity index (χ1) is 8.17. The van der Waals surface area contributed by atoms with Gasteiger partial charge in [0.05, 0.1) is 12.2 Å². The van der Waals surface area contributed by atoms with E-state index >= 15 is 0 Å². The zero-order valence-corrected chi connectivity index (χ0v) is 11.7. The van der Waals surface area contributed by atoms with Crippen molar-refractivity contribution < 1.29 is 9.84 Å². The summed E-state index contributed by atoms with van der Waals surface area (Å²) in [5, 5.41) is 10.4. The minimum atomic E-state index is -0.500. The summed E-state index contributed by atoms with van der Waals surface area (Å²) in [6.07, 6.45) is 11.2. The summed E-state index contributed by atoms with van der Waals surface area (Å²) in [7, 11) is 0. The van der Waals surface area contributed by atoms with E-state index in [1.807, 2.05) is 6.92 Å². The fourth-order valence-corrected chi connectivity index (χ4v) is 2.67. The maximum Gasteiger partial charge on any atom is 0.0670 e. The van der Waals surface area contributed by atoms with Crippen molar-refractivity contribution in [3.05, 3.63) is 0 Å². The molecule has 0 amide bonds. The van der Waals surface area contributed by atoms with Gasteiger partial charge in [-0.05, 0) is 19.8 Å². The minimum Gasteiger partial charge on any atom is -0.390 e. The lowest BCUT2D eigenvalue weighted by atomic mass is 9.84. The molecular formula is C15H30O2. The van der Waals surface area contributed by atoms with Crippen molar-refractivity contribution in [2.45, 2.75) is 77.2 Å². The van der Waals surface area contributed by atoms with Crippen LogP contribution < -0.4 is 0 Å². The highest BCUT2D eigenvalue weighted by Crippen LogP contribution is 2.30. The summed E-state index contributed by atoms with van der Waals surface area (Å²) < 4.78 is 5.36. The van der Waals surface area contributed by atoms with E-state index in [1.165, 1.54) is 38.5 Å². The lowest BCUT2D eigenvalue weighted by molar-refractivity contribution is -0.0142. The van der Waals surface area contributed by atoms with Gasteiger partial charge in [0, 0.05) is 12.5 Å². The van der Waals surface area contributed by atoms with Gasteiger partial charge in [-0.15, -0.1) is 0 Å². The summed E-state index contributed by atoms with van der Waals surface area (Å²) in [6, 6.07) is 0. The highest BCUT2D eigenvalue weighted by Gasteiger charge is 2.33. The van der Waals surface area contributed by atoms with E-state index in [4.69, 9.17) is 4.74 Å². The van der Waals surface area contributed by atoms with Crippen molar-refractivity contribution >= 4 is 0 Å². The van der Waals surface area contributed by atoms with Gasteiger partial charge in [-0.25, -0.2) is 0 Å². The Morgan fingerprint density at radius 2 is 1.76 bits per heavy atom. The summed E-state index contributed by atoms with van der Waals surface area (Å²) in [6.45, 7) is 5.83. The second-order valence-electron chi connectivity index (χ2n) is 5.79. The van der Waals surface area contributed by atoms with E-state index in [0.29, 0.717) is 5.92 Å². The third-order valence-corrected chi connectivity index (χ3v) is 4.10. The van der Waals surface area contributed by atoms with Crippen LogP contribution in [0.2, 0.25) is 0 Å². The van der Waals surface area contributed by atoms with Crippen LogP contribution in [0.4, 0.5) is 0 Å². The molecule has 0 aromatic carbocycles. The predicted molar refractivity (Wildman–Crippen MR) is 72.2 cm³/mol. The third kappa shape index (κ3) is 5.87. The molecule has 17 heavy (non-hydrogen) atoms. The Kier molecular flexibility index (Phi) is 7.14. The lowest BCUT2D eigenvalue weighted by Gasteiger charge is -2.29. The molecule has 1 N–H and O–H groups in total. The SMILES string of the molecule is CCCCCCCCCC(C)(O)C1CCOC1. The van der Waals surface area contributed by atoms with Crippen LogP contribution in [0.5, 0.6) is 0 Å². The van der Waals surface area contributed by atoms with Gasteiger partial charge in [-0.1, -0.05) is 51.9 Å². The van der Waals surface area contributed by atoms with Crippen molar-refractivity contribution in [1.29, 1.82) is 0 Å². The van der Waals surface area contributed by atoms with Crippen molar-refractivity contribution in [3.8, 4) is 0 Å². The van der Waals surface area contributed by atoms with E-state index in [9.17, 15) is 5.11 Å². The van der Waals surface area contributed by atoms with Gasteiger partial charge < -0.3 is 9.84 Å². The van der Waals surface area contributed by atoms with Gasteiger partial charge in [-0.2, -0.15) is 0 Å². The van der Waals surface area contributed by atoms with Crippen LogP contribution in [0.1, 0.15) is 71.6 Å². The molecule has 1 fully saturated rings. The van der Waals surface area contributed by atoms with Crippen LogP contribution in [-0.2, 0) is 4.74 Å². The van der Waals surface area contributed by atoms with Crippen molar-refractivity contribution in [2.75, 3.05) is 13.2 Å². The van der Waals surface area contributed by atoms with Crippen molar-refractivity contribution in [3.63, 3.8) is 0 Å². The molecule has 0 aromatic rings. The van der Waals surface area contributed by atoms with E-state index in [2.05, 4.69) is 6.92 Å². The maximum atomic E-state index is 10.4. The van der Waals surface area contributed by atoms with Gasteiger partial charge in [0.2, 0.25) is 0 Å². The molecule has 1 aliphatic rings. The average Bonchev–Trinajstić information content (AvgIpc) is 2.82. The normalized spacial score (nSPS) is 23.8. The van der Waals surface area contributed by atoms with Gasteiger partial charge in [0.15, 0.2) is 0 Å². The smallest absolute Gasteiger partial charge is 0.0670 e. The van der Waals surface area contributed by atoms with Gasteiger partial charge in [0.25, 0.3) is 0 Å². The van der Waals surface area contributed by atoms with E-state index in [1.54, 1.807) is 0 Å². The molecule has 0 spiro atoms. The van der Waals surface area contributed by atoms with Crippen molar-refractivity contribution in [2.24, 2.45) is 5.92 Å². The van der Waals surface area contributed by atoms with Crippen LogP contribution in [0.15, 0.2) is 0 Å². The Morgan fingerprint density at radius 1 is 1.12 bits per heavy atom. The molecule has 0 saturated carbocycles. The Bertz CT molecular complexity index is 183. The zero-order valence-electron chi connectivity index (χ0n) is 11.7. The minimum absolute atomic E-state index is 0.364. The van der Waals surface area contributed by atoms with Crippen LogP contribution in [0.3, 0.4) is 0 Å². The molecule has 0 bridgehead atoms. The van der Waals surface area contributed by atoms with Gasteiger partial charge in [0.1, 0.15) is 0 Å². The molecule has 1 heterocycles. The van der Waals surface area contributed by atoms with Crippen molar-refractivity contribution in [1.82, 2.24) is 0 Å². The molecule has 0 aromatic heterocycles. The fraction of sp³-hybridized carbons (Fsp3) is 1.00. The zero-order chi connectivity index (χ0) is 12.6. The average molecular weight is 242 g/mol. The maximum absolute atomic E-state index is 10.4. The molecule has 1 saturated heterocycles. The number of hydrogen-bond acceptors (Lipinski definition) is 2. The lowest BCUT2D eigenvalue weighted by Crippen LogP contribution is -2.34. The number of rotatable bonds is 9. The number of hydrogen-bond donors (Lipinski definition) is 1. The quantitative estimate of drug-likeness (QED) is 0.621. The second-order valence-corrected chi connectivity index (χ2v) is 5.79. The number of unbranched alkanes of at least 4 members (excludes halogenated alkanes) is 6. The topological polar surface area (TPSA) is 29.5 Å². The third-order valence-electron chi connectivity index (χ3n) is 4.10. The highest BCUT2D eigenvalue weighted by molar-refractivity contribution is 4.84. The molecule has 2 nitrogen and oxygen atoms in total. The van der Waals surface area contributed by atoms with E-state index < -0.39 is 5.60 Å². The Hall–Kier alpha value is -0.0800. The highest BCUT2D eigenvalue weighted by atomic mass is 16.5. The summed E-state index contributed by atoms with van der Waals surface area (Å²) in [4.78, 5) is 0. The first-order valence-corrected chi connectivity index (χ1v) is 7.47. The summed E-state index contributed by atoms with van der Waals surface area (Å²) in [5.41, 5.74) is -0.500. The Balaban J connectivity index is 2.00. The summed E-state index contributed by atoms with van der Waals surface area (Å²) >= 11 is 0. The molecule has 2 atom stereocenters. The second kappa shape index (κ2) is 8.10. The predicted octanol–water partition coefficient (Wildman–Crippen LogP) is 3.91. The monoisotopic (exact) mass is 242 g/mol. The molecule has 1 aliphatic heterocycles. The number of aliphatic hydroxyl groups is 1. The fourth-order valence-electron chi connectivity index (χ4n) is 2.67. The first kappa shape index (κ1) is 15.0. The van der Waals surface area contributed by atoms with Crippen LogP contribution in [0, 0.1) is 5.92 Å². The largest absolute Gasteiger partial charge is 0.390 e. The van der Waals surface area contributed by atoms with Gasteiger partial charge in [-0.3, -0.25) is 0 Å². The Morgan fingerprint density at radius 3 is 2.35 bits per heavy atom.